The summed E-state index contributed by atoms with van der Waals surface area (Å²) in [6, 6.07) is 8.26. The van der Waals surface area contributed by atoms with Crippen LogP contribution >= 0.6 is 0 Å². The van der Waals surface area contributed by atoms with Gasteiger partial charge in [-0.15, -0.1) is 0 Å². The van der Waals surface area contributed by atoms with Gasteiger partial charge in [0.2, 0.25) is 5.91 Å². The molecule has 31 heavy (non-hydrogen) atoms. The molecule has 2 fully saturated rings. The summed E-state index contributed by atoms with van der Waals surface area (Å²) in [5, 5.41) is 0. The van der Waals surface area contributed by atoms with Gasteiger partial charge in [-0.1, -0.05) is 18.2 Å². The minimum atomic E-state index is -0.243. The molecule has 2 saturated heterocycles. The minimum Gasteiger partial charge on any atom is -0.493 e. The number of pyridine rings is 1. The molecule has 6 nitrogen and oxygen atoms in total. The number of rotatable bonds is 5. The van der Waals surface area contributed by atoms with E-state index in [0.29, 0.717) is 32.7 Å². The molecule has 4 heterocycles. The third kappa shape index (κ3) is 4.60. The van der Waals surface area contributed by atoms with Gasteiger partial charge in [0.1, 0.15) is 11.4 Å². The number of carbonyl (C=O) groups excluding carboxylic acids is 1. The van der Waals surface area contributed by atoms with Gasteiger partial charge in [-0.3, -0.25) is 9.78 Å². The van der Waals surface area contributed by atoms with Gasteiger partial charge in [-0.25, -0.2) is 0 Å². The maximum absolute atomic E-state index is 12.8. The first-order chi connectivity index (χ1) is 15.1. The van der Waals surface area contributed by atoms with Gasteiger partial charge in [-0.05, 0) is 54.5 Å². The maximum atomic E-state index is 12.8. The van der Waals surface area contributed by atoms with E-state index in [1.165, 1.54) is 5.56 Å². The highest BCUT2D eigenvalue weighted by atomic mass is 16.5. The van der Waals surface area contributed by atoms with Crippen molar-refractivity contribution in [1.29, 1.82) is 0 Å². The number of hydrogen-bond acceptors (Lipinski definition) is 5. The Morgan fingerprint density at radius 2 is 2.13 bits per heavy atom. The van der Waals surface area contributed by atoms with Gasteiger partial charge in [0.05, 0.1) is 38.8 Å². The Morgan fingerprint density at radius 3 is 3.00 bits per heavy atom. The Morgan fingerprint density at radius 1 is 1.23 bits per heavy atom. The highest BCUT2D eigenvalue weighted by Crippen LogP contribution is 2.36. The molecular weight excluding hydrogens is 392 g/mol. The number of benzene rings is 1. The normalized spacial score (nSPS) is 21.8. The molecule has 0 bridgehead atoms. The van der Waals surface area contributed by atoms with Crippen molar-refractivity contribution in [2.75, 3.05) is 26.3 Å². The molecule has 5 rings (SSSR count). The number of fused-ring (bicyclic) bond motifs is 1. The summed E-state index contributed by atoms with van der Waals surface area (Å²) >= 11 is 0. The summed E-state index contributed by atoms with van der Waals surface area (Å²) in [5.74, 6) is 1.13. The number of carbonyl (C=O) groups is 1. The molecule has 1 atom stereocenters. The molecule has 0 unspecified atom stereocenters. The Labute approximate surface area is 183 Å². The first kappa shape index (κ1) is 20.5. The van der Waals surface area contributed by atoms with Crippen molar-refractivity contribution in [2.45, 2.75) is 57.3 Å². The van der Waals surface area contributed by atoms with Crippen LogP contribution in [-0.2, 0) is 33.7 Å². The second kappa shape index (κ2) is 8.60. The molecule has 164 valence electrons. The van der Waals surface area contributed by atoms with E-state index in [4.69, 9.17) is 14.2 Å². The second-order valence-electron chi connectivity index (χ2n) is 9.15. The van der Waals surface area contributed by atoms with Crippen LogP contribution in [0.3, 0.4) is 0 Å². The lowest BCUT2D eigenvalue weighted by Gasteiger charge is -2.53. The zero-order chi connectivity index (χ0) is 21.3. The lowest BCUT2D eigenvalue weighted by Crippen LogP contribution is -2.67. The summed E-state index contributed by atoms with van der Waals surface area (Å²) in [6.45, 7) is 5.40. The fourth-order valence-electron chi connectivity index (χ4n) is 4.89. The van der Waals surface area contributed by atoms with Crippen LogP contribution in [0.25, 0.3) is 0 Å². The molecule has 0 radical (unpaired) electrons. The van der Waals surface area contributed by atoms with Gasteiger partial charge in [0.15, 0.2) is 0 Å². The Hall–Kier alpha value is -2.44. The number of aryl methyl sites for hydroxylation is 2. The van der Waals surface area contributed by atoms with E-state index in [1.54, 1.807) is 0 Å². The van der Waals surface area contributed by atoms with E-state index < -0.39 is 0 Å². The molecule has 1 aromatic carbocycles. The number of amides is 1. The van der Waals surface area contributed by atoms with Gasteiger partial charge < -0.3 is 19.1 Å². The summed E-state index contributed by atoms with van der Waals surface area (Å²) in [7, 11) is 0. The van der Waals surface area contributed by atoms with Crippen LogP contribution in [0.4, 0.5) is 0 Å². The Kier molecular flexibility index (Phi) is 5.67. The topological polar surface area (TPSA) is 60.9 Å². The first-order valence-electron chi connectivity index (χ1n) is 11.3. The molecule has 1 amide bonds. The number of nitrogens with zero attached hydrogens (tertiary/aromatic N) is 2. The van der Waals surface area contributed by atoms with E-state index >= 15 is 0 Å². The standard InChI is InChI=1S/C25H30N2O4/c1-18-9-20(14-26-13-18)15-30-22-6-8-31-25(12-22)16-27(17-25)24(28)11-19-4-5-23-21(10-19)3-2-7-29-23/h4-5,9-10,13-14,22H,2-3,6-8,11-12,15-17H2,1H3/t22-/m1/s1. The van der Waals surface area contributed by atoms with Crippen molar-refractivity contribution < 1.29 is 19.0 Å². The van der Waals surface area contributed by atoms with Gasteiger partial charge in [0.25, 0.3) is 0 Å². The monoisotopic (exact) mass is 422 g/mol. The second-order valence-corrected chi connectivity index (χ2v) is 9.15. The van der Waals surface area contributed by atoms with Gasteiger partial charge >= 0.3 is 0 Å². The van der Waals surface area contributed by atoms with Crippen LogP contribution < -0.4 is 4.74 Å². The number of likely N-dealkylation sites (tertiary alicyclic amines) is 1. The van der Waals surface area contributed by atoms with E-state index in [9.17, 15) is 4.79 Å². The SMILES string of the molecule is Cc1cncc(CO[C@@H]2CCOC3(C2)CN(C(=O)Cc2ccc4c(c2)CCCO4)C3)c1. The third-order valence-electron chi connectivity index (χ3n) is 6.50. The highest BCUT2D eigenvalue weighted by Gasteiger charge is 2.49. The molecule has 2 aromatic rings. The summed E-state index contributed by atoms with van der Waals surface area (Å²) in [4.78, 5) is 19.0. The molecule has 1 spiro atoms. The van der Waals surface area contributed by atoms with E-state index in [1.807, 2.05) is 36.4 Å². The van der Waals surface area contributed by atoms with Crippen molar-refractivity contribution in [3.8, 4) is 5.75 Å². The van der Waals surface area contributed by atoms with Crippen LogP contribution in [0.2, 0.25) is 0 Å². The molecule has 0 aliphatic carbocycles. The smallest absolute Gasteiger partial charge is 0.227 e. The molecule has 1 aromatic heterocycles. The van der Waals surface area contributed by atoms with Gasteiger partial charge in [0, 0.05) is 25.4 Å². The largest absolute Gasteiger partial charge is 0.493 e. The zero-order valence-electron chi connectivity index (χ0n) is 18.1. The van der Waals surface area contributed by atoms with Crippen LogP contribution in [0.1, 0.15) is 41.5 Å². The van der Waals surface area contributed by atoms with Crippen molar-refractivity contribution in [3.63, 3.8) is 0 Å². The molecule has 3 aliphatic heterocycles. The Balaban J connectivity index is 1.12. The van der Waals surface area contributed by atoms with Crippen LogP contribution in [0.5, 0.6) is 5.75 Å². The predicted molar refractivity (Wildman–Crippen MR) is 116 cm³/mol. The zero-order valence-corrected chi connectivity index (χ0v) is 18.1. The molecule has 3 aliphatic rings. The lowest BCUT2D eigenvalue weighted by molar-refractivity contribution is -0.202. The molecule has 0 N–H and O–H groups in total. The molecule has 6 heteroatoms. The first-order valence-corrected chi connectivity index (χ1v) is 11.3. The van der Waals surface area contributed by atoms with Crippen molar-refractivity contribution in [3.05, 3.63) is 58.9 Å². The maximum Gasteiger partial charge on any atom is 0.227 e. The van der Waals surface area contributed by atoms with E-state index in [-0.39, 0.29) is 17.6 Å². The third-order valence-corrected chi connectivity index (χ3v) is 6.50. The summed E-state index contributed by atoms with van der Waals surface area (Å²) < 4.78 is 17.9. The van der Waals surface area contributed by atoms with Crippen molar-refractivity contribution in [1.82, 2.24) is 9.88 Å². The predicted octanol–water partition coefficient (Wildman–Crippen LogP) is 3.23. The number of hydrogen-bond donors (Lipinski definition) is 0. The number of aromatic nitrogens is 1. The molecular formula is C25H30N2O4. The van der Waals surface area contributed by atoms with E-state index in [2.05, 4.69) is 17.1 Å². The quantitative estimate of drug-likeness (QED) is 0.740. The fourth-order valence-corrected chi connectivity index (χ4v) is 4.89. The van der Waals surface area contributed by atoms with Crippen LogP contribution in [-0.4, -0.2) is 53.8 Å². The van der Waals surface area contributed by atoms with Crippen molar-refractivity contribution >= 4 is 5.91 Å². The van der Waals surface area contributed by atoms with Crippen LogP contribution in [0.15, 0.2) is 36.7 Å². The van der Waals surface area contributed by atoms with Gasteiger partial charge in [-0.2, -0.15) is 0 Å². The Bertz CT molecular complexity index is 954. The lowest BCUT2D eigenvalue weighted by atomic mass is 9.84. The van der Waals surface area contributed by atoms with Crippen LogP contribution in [0, 0.1) is 6.92 Å². The van der Waals surface area contributed by atoms with Crippen molar-refractivity contribution in [2.24, 2.45) is 0 Å². The van der Waals surface area contributed by atoms with E-state index in [0.717, 1.165) is 54.7 Å². The average molecular weight is 423 g/mol. The number of ether oxygens (including phenoxy) is 3. The highest BCUT2D eigenvalue weighted by molar-refractivity contribution is 5.80. The summed E-state index contributed by atoms with van der Waals surface area (Å²) in [6.07, 6.45) is 8.11. The summed E-state index contributed by atoms with van der Waals surface area (Å²) in [5.41, 5.74) is 4.28. The average Bonchev–Trinajstić information content (AvgIpc) is 2.76. The minimum absolute atomic E-state index is 0.159. The fraction of sp³-hybridized carbons (Fsp3) is 0.520. The molecule has 0 saturated carbocycles.